The van der Waals surface area contributed by atoms with Crippen molar-refractivity contribution in [2.45, 2.75) is 24.3 Å². The van der Waals surface area contributed by atoms with Gasteiger partial charge in [0, 0.05) is 46.5 Å². The number of carbonyl (C=O) groups is 2. The van der Waals surface area contributed by atoms with Crippen LogP contribution in [0.3, 0.4) is 0 Å². The molecule has 0 spiro atoms. The van der Waals surface area contributed by atoms with Gasteiger partial charge < -0.3 is 15.1 Å². The highest BCUT2D eigenvalue weighted by Crippen LogP contribution is 2.33. The van der Waals surface area contributed by atoms with Crippen molar-refractivity contribution < 1.29 is 9.59 Å². The lowest BCUT2D eigenvalue weighted by molar-refractivity contribution is 0.101. The number of hydrogen-bond acceptors (Lipinski definition) is 4. The third kappa shape index (κ3) is 3.71. The Morgan fingerprint density at radius 2 is 1.96 bits per heavy atom. The maximum absolute atomic E-state index is 12.5. The Kier molecular flexibility index (Phi) is 5.25. The van der Waals surface area contributed by atoms with Crippen LogP contribution in [0, 0.1) is 0 Å². The van der Waals surface area contributed by atoms with Crippen molar-refractivity contribution in [3.63, 3.8) is 0 Å². The number of carbonyl (C=O) groups excluding carboxylic acids is 2. The van der Waals surface area contributed by atoms with E-state index in [9.17, 15) is 9.59 Å². The second kappa shape index (κ2) is 7.68. The minimum atomic E-state index is -0.100. The van der Waals surface area contributed by atoms with E-state index in [4.69, 9.17) is 11.6 Å². The molecule has 0 atom stereocenters. The average molecular weight is 416 g/mol. The summed E-state index contributed by atoms with van der Waals surface area (Å²) >= 11 is 7.71. The Balaban J connectivity index is 1.37. The highest BCUT2D eigenvalue weighted by Gasteiger charge is 2.37. The van der Waals surface area contributed by atoms with Gasteiger partial charge in [-0.1, -0.05) is 11.6 Å². The monoisotopic (exact) mass is 415 g/mol. The second-order valence-electron chi connectivity index (χ2n) is 7.21. The van der Waals surface area contributed by atoms with Crippen molar-refractivity contribution in [3.8, 4) is 0 Å². The van der Waals surface area contributed by atoms with Crippen molar-refractivity contribution in [2.24, 2.45) is 0 Å². The predicted octanol–water partition coefficient (Wildman–Crippen LogP) is 4.54. The number of halogens is 1. The van der Waals surface area contributed by atoms with E-state index in [1.807, 2.05) is 41.5 Å². The van der Waals surface area contributed by atoms with Gasteiger partial charge in [-0.15, -0.1) is 11.8 Å². The van der Waals surface area contributed by atoms with Crippen molar-refractivity contribution in [3.05, 3.63) is 52.5 Å². The fourth-order valence-electron chi connectivity index (χ4n) is 3.80. The summed E-state index contributed by atoms with van der Waals surface area (Å²) in [6.07, 6.45) is 2.92. The number of ketones is 1. The molecule has 0 radical (unpaired) electrons. The second-order valence-corrected chi connectivity index (χ2v) is 8.53. The number of hydrogen-bond donors (Lipinski definition) is 1. The van der Waals surface area contributed by atoms with Crippen LogP contribution in [0.25, 0.3) is 0 Å². The van der Waals surface area contributed by atoms with E-state index in [0.717, 1.165) is 23.4 Å². The fraction of sp³-hybridized carbons (Fsp3) is 0.333. The van der Waals surface area contributed by atoms with Gasteiger partial charge in [0.05, 0.1) is 6.04 Å². The molecule has 2 aliphatic rings. The Hall–Kier alpha value is -2.18. The number of likely N-dealkylation sites (tertiary alicyclic amines) is 1. The Bertz CT molecular complexity index is 943. The summed E-state index contributed by atoms with van der Waals surface area (Å²) in [5, 5.41) is 3.56. The number of fused-ring (bicyclic) bond motifs is 1. The van der Waals surface area contributed by atoms with Gasteiger partial charge in [0.2, 0.25) is 0 Å². The molecule has 4 rings (SSSR count). The van der Waals surface area contributed by atoms with E-state index in [1.165, 1.54) is 11.3 Å². The fourth-order valence-corrected chi connectivity index (χ4v) is 4.59. The Morgan fingerprint density at radius 3 is 2.68 bits per heavy atom. The van der Waals surface area contributed by atoms with E-state index in [0.29, 0.717) is 29.8 Å². The number of urea groups is 1. The molecule has 28 heavy (non-hydrogen) atoms. The van der Waals surface area contributed by atoms with Gasteiger partial charge >= 0.3 is 6.03 Å². The molecule has 2 aliphatic heterocycles. The summed E-state index contributed by atoms with van der Waals surface area (Å²) in [4.78, 5) is 29.3. The molecule has 2 aromatic carbocycles. The number of amides is 2. The van der Waals surface area contributed by atoms with Crippen molar-refractivity contribution in [1.82, 2.24) is 4.90 Å². The number of nitrogens with one attached hydrogen (secondary N) is 1. The highest BCUT2D eigenvalue weighted by molar-refractivity contribution is 7.98. The van der Waals surface area contributed by atoms with Gasteiger partial charge in [-0.3, -0.25) is 4.79 Å². The molecule has 5 nitrogen and oxygen atoms in total. The van der Waals surface area contributed by atoms with Crippen molar-refractivity contribution in [2.75, 3.05) is 36.1 Å². The Morgan fingerprint density at radius 1 is 1.18 bits per heavy atom. The first kappa shape index (κ1) is 19.2. The molecular formula is C21H22ClN3O2S. The predicted molar refractivity (Wildman–Crippen MR) is 115 cm³/mol. The highest BCUT2D eigenvalue weighted by atomic mass is 35.5. The van der Waals surface area contributed by atoms with Gasteiger partial charge in [0.15, 0.2) is 5.78 Å². The van der Waals surface area contributed by atoms with Gasteiger partial charge in [0.25, 0.3) is 0 Å². The van der Waals surface area contributed by atoms with Crippen LogP contribution in [-0.2, 0) is 6.42 Å². The zero-order valence-electron chi connectivity index (χ0n) is 15.9. The Labute approximate surface area is 174 Å². The topological polar surface area (TPSA) is 52.7 Å². The summed E-state index contributed by atoms with van der Waals surface area (Å²) in [6, 6.07) is 11.7. The van der Waals surface area contributed by atoms with Gasteiger partial charge in [-0.25, -0.2) is 4.79 Å². The first-order chi connectivity index (χ1) is 13.4. The number of benzene rings is 2. The molecule has 1 N–H and O–H groups in total. The third-order valence-corrected chi connectivity index (χ3v) is 6.29. The molecule has 0 saturated carbocycles. The van der Waals surface area contributed by atoms with E-state index >= 15 is 0 Å². The van der Waals surface area contributed by atoms with Crippen LogP contribution >= 0.6 is 23.4 Å². The molecule has 2 aromatic rings. The van der Waals surface area contributed by atoms with E-state index in [-0.39, 0.29) is 11.8 Å². The molecule has 1 fully saturated rings. The molecule has 0 unspecified atom stereocenters. The number of nitrogens with zero attached hydrogens (tertiary/aromatic N) is 2. The van der Waals surface area contributed by atoms with Crippen LogP contribution in [0.4, 0.5) is 16.2 Å². The quantitative estimate of drug-likeness (QED) is 0.588. The molecular weight excluding hydrogens is 394 g/mol. The summed E-state index contributed by atoms with van der Waals surface area (Å²) in [5.41, 5.74) is 3.89. The van der Waals surface area contributed by atoms with Gasteiger partial charge in [-0.05, 0) is 61.6 Å². The van der Waals surface area contributed by atoms with Crippen LogP contribution in [0.15, 0.2) is 41.3 Å². The molecule has 2 amide bonds. The first-order valence-corrected chi connectivity index (χ1v) is 10.9. The van der Waals surface area contributed by atoms with Crippen molar-refractivity contribution >= 4 is 46.6 Å². The largest absolute Gasteiger partial charge is 0.364 e. The lowest BCUT2D eigenvalue weighted by Gasteiger charge is -2.45. The van der Waals surface area contributed by atoms with Gasteiger partial charge in [-0.2, -0.15) is 0 Å². The zero-order chi connectivity index (χ0) is 19.8. The van der Waals surface area contributed by atoms with E-state index < -0.39 is 0 Å². The third-order valence-electron chi connectivity index (χ3n) is 5.37. The van der Waals surface area contributed by atoms with Gasteiger partial charge in [0.1, 0.15) is 0 Å². The number of Topliss-reactive ketones (excluding diaryl/α,β-unsaturated/α-hetero) is 1. The SMILES string of the molecule is CSc1cc(Cl)cc(NC(=O)N2CC(N3CCc4cc(C(C)=O)ccc43)C2)c1. The first-order valence-electron chi connectivity index (χ1n) is 9.25. The van der Waals surface area contributed by atoms with E-state index in [1.54, 1.807) is 24.8 Å². The summed E-state index contributed by atoms with van der Waals surface area (Å²) in [5.74, 6) is 0.0957. The lowest BCUT2D eigenvalue weighted by Crippen LogP contribution is -2.61. The van der Waals surface area contributed by atoms with Crippen LogP contribution in [0.2, 0.25) is 5.02 Å². The molecule has 0 aliphatic carbocycles. The smallest absolute Gasteiger partial charge is 0.321 e. The maximum atomic E-state index is 12.5. The minimum absolute atomic E-state index is 0.0957. The summed E-state index contributed by atoms with van der Waals surface area (Å²) < 4.78 is 0. The van der Waals surface area contributed by atoms with E-state index in [2.05, 4.69) is 10.2 Å². The molecule has 2 heterocycles. The molecule has 7 heteroatoms. The molecule has 0 bridgehead atoms. The number of thioether (sulfide) groups is 1. The van der Waals surface area contributed by atoms with Crippen molar-refractivity contribution in [1.29, 1.82) is 0 Å². The average Bonchev–Trinajstić information content (AvgIpc) is 3.02. The lowest BCUT2D eigenvalue weighted by atomic mass is 10.0. The summed E-state index contributed by atoms with van der Waals surface area (Å²) in [7, 11) is 0. The molecule has 146 valence electrons. The molecule has 1 saturated heterocycles. The number of anilines is 2. The maximum Gasteiger partial charge on any atom is 0.321 e. The van der Waals surface area contributed by atoms with Crippen LogP contribution in [0.5, 0.6) is 0 Å². The zero-order valence-corrected chi connectivity index (χ0v) is 17.4. The molecule has 0 aromatic heterocycles. The van der Waals surface area contributed by atoms with Crippen LogP contribution in [-0.4, -0.2) is 48.6 Å². The van der Waals surface area contributed by atoms with Crippen LogP contribution < -0.4 is 10.2 Å². The minimum Gasteiger partial charge on any atom is -0.364 e. The summed E-state index contributed by atoms with van der Waals surface area (Å²) in [6.45, 7) is 3.91. The standard InChI is InChI=1S/C21H22ClN3O2S/c1-13(26)14-3-4-20-15(7-14)5-6-25(20)18-11-24(12-18)21(27)23-17-8-16(22)9-19(10-17)28-2/h3-4,7-10,18H,5-6,11-12H2,1-2H3,(H,23,27). The normalized spacial score (nSPS) is 16.0. The number of rotatable bonds is 4. The van der Waals surface area contributed by atoms with Crippen LogP contribution in [0.1, 0.15) is 22.8 Å².